The number of hydrogen-bond donors (Lipinski definition) is 3. The minimum absolute atomic E-state index is 0.149. The Bertz CT molecular complexity index is 802. The fourth-order valence-corrected chi connectivity index (χ4v) is 2.12. The summed E-state index contributed by atoms with van der Waals surface area (Å²) in [5, 5.41) is 16.7. The van der Waals surface area contributed by atoms with E-state index in [1.54, 1.807) is 0 Å². The quantitative estimate of drug-likeness (QED) is 0.680. The molecule has 3 rings (SSSR count). The molecule has 0 unspecified atom stereocenters. The number of benzene rings is 1. The smallest absolute Gasteiger partial charge is 0.231 e. The van der Waals surface area contributed by atoms with Crippen LogP contribution in [0.3, 0.4) is 0 Å². The molecular weight excluding hydrogens is 266 g/mol. The lowest BCUT2D eigenvalue weighted by atomic mass is 10.3. The van der Waals surface area contributed by atoms with E-state index in [2.05, 4.69) is 26.5 Å². The molecule has 4 N–H and O–H groups in total. The van der Waals surface area contributed by atoms with E-state index in [0.717, 1.165) is 11.0 Å². The summed E-state index contributed by atoms with van der Waals surface area (Å²) in [7, 11) is 0. The molecule has 21 heavy (non-hydrogen) atoms. The second-order valence-corrected chi connectivity index (χ2v) is 5.01. The van der Waals surface area contributed by atoms with Gasteiger partial charge in [-0.15, -0.1) is 5.10 Å². The average Bonchev–Trinajstić information content (AvgIpc) is 2.99. The Kier molecular flexibility index (Phi) is 2.99. The van der Waals surface area contributed by atoms with Crippen molar-refractivity contribution in [1.29, 1.82) is 5.26 Å². The minimum atomic E-state index is 0.149. The van der Waals surface area contributed by atoms with E-state index < -0.39 is 0 Å². The van der Waals surface area contributed by atoms with E-state index >= 15 is 0 Å². The zero-order chi connectivity index (χ0) is 15.0. The second-order valence-electron chi connectivity index (χ2n) is 5.01. The maximum absolute atomic E-state index is 9.26. The summed E-state index contributed by atoms with van der Waals surface area (Å²) >= 11 is 0. The van der Waals surface area contributed by atoms with E-state index in [0.29, 0.717) is 17.3 Å². The van der Waals surface area contributed by atoms with Crippen molar-refractivity contribution in [1.82, 2.24) is 19.7 Å². The summed E-state index contributed by atoms with van der Waals surface area (Å²) in [6.45, 7) is 3.94. The van der Waals surface area contributed by atoms with Gasteiger partial charge in [-0.1, -0.05) is 12.1 Å². The third-order valence-corrected chi connectivity index (χ3v) is 3.04. The summed E-state index contributed by atoms with van der Waals surface area (Å²) in [6.07, 6.45) is 0. The minimum Gasteiger partial charge on any atom is -0.382 e. The number of anilines is 2. The van der Waals surface area contributed by atoms with Crippen LogP contribution in [-0.4, -0.2) is 25.8 Å². The molecule has 0 aliphatic heterocycles. The zero-order valence-corrected chi connectivity index (χ0v) is 11.8. The molecule has 0 saturated carbocycles. The summed E-state index contributed by atoms with van der Waals surface area (Å²) in [5.41, 5.74) is 8.05. The van der Waals surface area contributed by atoms with Crippen molar-refractivity contribution < 1.29 is 0 Å². The summed E-state index contributed by atoms with van der Waals surface area (Å²) in [5.74, 6) is 1.21. The van der Waals surface area contributed by atoms with E-state index in [4.69, 9.17) is 5.73 Å². The molecule has 0 atom stereocenters. The number of nitrogens with two attached hydrogens (primary N) is 1. The van der Waals surface area contributed by atoms with Gasteiger partial charge in [0.1, 0.15) is 11.6 Å². The number of nitrogens with zero attached hydrogens (tertiary/aromatic N) is 4. The number of H-pyrrole nitrogens is 1. The van der Waals surface area contributed by atoms with E-state index in [-0.39, 0.29) is 11.9 Å². The van der Waals surface area contributed by atoms with Crippen LogP contribution in [0.2, 0.25) is 0 Å². The number of imidazole rings is 1. The van der Waals surface area contributed by atoms with Crippen molar-refractivity contribution in [2.45, 2.75) is 19.9 Å². The third kappa shape index (κ3) is 2.17. The number of nitrogens with one attached hydrogen (secondary N) is 2. The fraction of sp³-hybridized carbons (Fsp3) is 0.214. The lowest BCUT2D eigenvalue weighted by Crippen LogP contribution is -2.11. The number of aromatic amines is 1. The Morgan fingerprint density at radius 3 is 2.81 bits per heavy atom. The number of aromatic nitrogens is 4. The Hall–Kier alpha value is -3.01. The van der Waals surface area contributed by atoms with Crippen molar-refractivity contribution in [3.8, 4) is 12.0 Å². The molecule has 2 aromatic heterocycles. The SMILES string of the molecule is CC(C)Nc1nn(-c2nc3ccccc3[nH]2)c(N)c1C#N. The Morgan fingerprint density at radius 2 is 2.14 bits per heavy atom. The first-order valence-electron chi connectivity index (χ1n) is 6.60. The third-order valence-electron chi connectivity index (χ3n) is 3.04. The molecule has 0 radical (unpaired) electrons. The average molecular weight is 281 g/mol. The van der Waals surface area contributed by atoms with Gasteiger partial charge in [0.2, 0.25) is 5.95 Å². The van der Waals surface area contributed by atoms with Gasteiger partial charge in [-0.25, -0.2) is 4.98 Å². The number of nitrogen functional groups attached to an aromatic ring is 1. The molecule has 2 heterocycles. The van der Waals surface area contributed by atoms with Crippen LogP contribution in [0.1, 0.15) is 19.4 Å². The molecule has 0 bridgehead atoms. The molecular formula is C14H15N7. The Morgan fingerprint density at radius 1 is 1.38 bits per heavy atom. The Balaban J connectivity index is 2.14. The van der Waals surface area contributed by atoms with Crippen LogP contribution in [0.4, 0.5) is 11.6 Å². The molecule has 7 heteroatoms. The first-order chi connectivity index (χ1) is 10.1. The normalized spacial score (nSPS) is 11.0. The molecule has 0 amide bonds. The van der Waals surface area contributed by atoms with Crippen LogP contribution >= 0.6 is 0 Å². The standard InChI is InChI=1S/C14H15N7/c1-8(2)17-13-9(7-15)12(16)21(20-13)14-18-10-5-3-4-6-11(10)19-14/h3-6,8H,16H2,1-2H3,(H,17,20)(H,18,19). The van der Waals surface area contributed by atoms with Crippen LogP contribution in [0.25, 0.3) is 17.0 Å². The first-order valence-corrected chi connectivity index (χ1v) is 6.60. The maximum Gasteiger partial charge on any atom is 0.231 e. The predicted molar refractivity (Wildman–Crippen MR) is 81.1 cm³/mol. The number of para-hydroxylation sites is 2. The predicted octanol–water partition coefficient (Wildman–Crippen LogP) is 2.02. The number of nitriles is 1. The molecule has 0 aliphatic rings. The maximum atomic E-state index is 9.26. The number of hydrogen-bond acceptors (Lipinski definition) is 5. The number of fused-ring (bicyclic) bond motifs is 1. The topological polar surface area (TPSA) is 108 Å². The van der Waals surface area contributed by atoms with Crippen LogP contribution in [-0.2, 0) is 0 Å². The van der Waals surface area contributed by atoms with Crippen molar-refractivity contribution >= 4 is 22.7 Å². The molecule has 0 aliphatic carbocycles. The van der Waals surface area contributed by atoms with E-state index in [1.165, 1.54) is 4.68 Å². The van der Waals surface area contributed by atoms with Crippen molar-refractivity contribution in [3.05, 3.63) is 29.8 Å². The molecule has 106 valence electrons. The van der Waals surface area contributed by atoms with E-state index in [9.17, 15) is 5.26 Å². The highest BCUT2D eigenvalue weighted by molar-refractivity contribution is 5.76. The van der Waals surface area contributed by atoms with E-state index in [1.807, 2.05) is 38.1 Å². The molecule has 3 aromatic rings. The highest BCUT2D eigenvalue weighted by atomic mass is 15.4. The van der Waals surface area contributed by atoms with Gasteiger partial charge in [0.15, 0.2) is 11.6 Å². The fourth-order valence-electron chi connectivity index (χ4n) is 2.12. The zero-order valence-electron chi connectivity index (χ0n) is 11.8. The first kappa shape index (κ1) is 13.0. The summed E-state index contributed by atoms with van der Waals surface area (Å²) in [6, 6.07) is 9.87. The summed E-state index contributed by atoms with van der Waals surface area (Å²) < 4.78 is 1.45. The molecule has 0 saturated heterocycles. The lowest BCUT2D eigenvalue weighted by molar-refractivity contribution is 0.821. The molecule has 0 spiro atoms. The monoisotopic (exact) mass is 281 g/mol. The Labute approximate surface area is 121 Å². The van der Waals surface area contributed by atoms with Crippen molar-refractivity contribution in [3.63, 3.8) is 0 Å². The molecule has 0 fully saturated rings. The van der Waals surface area contributed by atoms with Crippen LogP contribution in [0, 0.1) is 11.3 Å². The van der Waals surface area contributed by atoms with Crippen LogP contribution in [0.15, 0.2) is 24.3 Å². The van der Waals surface area contributed by atoms with Crippen molar-refractivity contribution in [2.75, 3.05) is 11.1 Å². The summed E-state index contributed by atoms with van der Waals surface area (Å²) in [4.78, 5) is 7.58. The van der Waals surface area contributed by atoms with Gasteiger partial charge in [-0.05, 0) is 26.0 Å². The van der Waals surface area contributed by atoms with Crippen LogP contribution < -0.4 is 11.1 Å². The largest absolute Gasteiger partial charge is 0.382 e. The van der Waals surface area contributed by atoms with Gasteiger partial charge in [0, 0.05) is 6.04 Å². The van der Waals surface area contributed by atoms with Gasteiger partial charge in [-0.3, -0.25) is 0 Å². The highest BCUT2D eigenvalue weighted by Gasteiger charge is 2.18. The molecule has 1 aromatic carbocycles. The van der Waals surface area contributed by atoms with Crippen molar-refractivity contribution in [2.24, 2.45) is 0 Å². The lowest BCUT2D eigenvalue weighted by Gasteiger charge is -2.05. The van der Waals surface area contributed by atoms with Gasteiger partial charge >= 0.3 is 0 Å². The number of rotatable bonds is 3. The van der Waals surface area contributed by atoms with Crippen LogP contribution in [0.5, 0.6) is 0 Å². The highest BCUT2D eigenvalue weighted by Crippen LogP contribution is 2.24. The van der Waals surface area contributed by atoms with Gasteiger partial charge in [0.25, 0.3) is 0 Å². The van der Waals surface area contributed by atoms with Gasteiger partial charge in [0.05, 0.1) is 11.0 Å². The van der Waals surface area contributed by atoms with Gasteiger partial charge < -0.3 is 16.0 Å². The van der Waals surface area contributed by atoms with Gasteiger partial charge in [-0.2, -0.15) is 9.94 Å². The molecule has 7 nitrogen and oxygen atoms in total. The second kappa shape index (κ2) is 4.83.